The quantitative estimate of drug-likeness (QED) is 0.675. The van der Waals surface area contributed by atoms with E-state index in [1.54, 1.807) is 11.8 Å². The predicted octanol–water partition coefficient (Wildman–Crippen LogP) is 3.17. The normalized spacial score (nSPS) is 14.6. The van der Waals surface area contributed by atoms with Gasteiger partial charge in [-0.3, -0.25) is 9.69 Å². The summed E-state index contributed by atoms with van der Waals surface area (Å²) in [6, 6.07) is 5.33. The molecule has 9 heteroatoms. The van der Waals surface area contributed by atoms with Gasteiger partial charge < -0.3 is 24.7 Å². The number of aryl methyl sites for hydroxylation is 1. The van der Waals surface area contributed by atoms with Crippen molar-refractivity contribution in [1.82, 2.24) is 9.80 Å². The van der Waals surface area contributed by atoms with Gasteiger partial charge in [-0.15, -0.1) is 0 Å². The monoisotopic (exact) mass is 418 g/mol. The average Bonchev–Trinajstić information content (AvgIpc) is 3.17. The van der Waals surface area contributed by atoms with Crippen LogP contribution in [0.1, 0.15) is 23.0 Å². The van der Waals surface area contributed by atoms with Crippen LogP contribution < -0.4 is 10.6 Å². The zero-order valence-corrected chi connectivity index (χ0v) is 17.2. The van der Waals surface area contributed by atoms with E-state index in [9.17, 15) is 14.0 Å². The number of hydrogen-bond donors (Lipinski definition) is 2. The lowest BCUT2D eigenvalue weighted by molar-refractivity contribution is 0.0901. The first-order valence-corrected chi connectivity index (χ1v) is 9.99. The Hall–Kier alpha value is -2.91. The summed E-state index contributed by atoms with van der Waals surface area (Å²) in [6.07, 6.45) is 1.40. The third-order valence-electron chi connectivity index (χ3n) is 4.98. The Morgan fingerprint density at radius 3 is 2.60 bits per heavy atom. The van der Waals surface area contributed by atoms with E-state index < -0.39 is 11.7 Å². The third kappa shape index (κ3) is 5.58. The molecule has 0 saturated carbocycles. The van der Waals surface area contributed by atoms with Gasteiger partial charge in [0.2, 0.25) is 0 Å². The first-order chi connectivity index (χ1) is 14.5. The molecule has 30 heavy (non-hydrogen) atoms. The maximum Gasteiger partial charge on any atom is 0.321 e. The van der Waals surface area contributed by atoms with E-state index in [1.165, 1.54) is 30.5 Å². The Kier molecular flexibility index (Phi) is 7.42. The van der Waals surface area contributed by atoms with Crippen molar-refractivity contribution in [2.45, 2.75) is 13.8 Å². The molecule has 2 heterocycles. The highest BCUT2D eigenvalue weighted by atomic mass is 19.1. The molecule has 3 amide bonds. The van der Waals surface area contributed by atoms with E-state index in [2.05, 4.69) is 15.5 Å². The molecular formula is C21H27FN4O4. The second kappa shape index (κ2) is 10.2. The fourth-order valence-electron chi connectivity index (χ4n) is 3.22. The van der Waals surface area contributed by atoms with Gasteiger partial charge in [-0.05, 0) is 38.1 Å². The van der Waals surface area contributed by atoms with E-state index in [0.29, 0.717) is 43.3 Å². The molecule has 0 atom stereocenters. The van der Waals surface area contributed by atoms with Crippen LogP contribution in [0.15, 0.2) is 34.9 Å². The van der Waals surface area contributed by atoms with E-state index in [4.69, 9.17) is 9.15 Å². The number of nitrogens with one attached hydrogen (secondary N) is 2. The number of rotatable bonds is 7. The molecule has 2 N–H and O–H groups in total. The number of urea groups is 1. The number of amides is 3. The lowest BCUT2D eigenvalue weighted by atomic mass is 10.2. The third-order valence-corrected chi connectivity index (χ3v) is 4.98. The van der Waals surface area contributed by atoms with Crippen molar-refractivity contribution >= 4 is 23.3 Å². The Labute approximate surface area is 175 Å². The highest BCUT2D eigenvalue weighted by Gasteiger charge is 2.21. The van der Waals surface area contributed by atoms with Crippen LogP contribution in [0.3, 0.4) is 0 Å². The van der Waals surface area contributed by atoms with E-state index in [0.717, 1.165) is 19.6 Å². The number of ether oxygens (including phenoxy) is 1. The Morgan fingerprint density at radius 1 is 1.17 bits per heavy atom. The number of carbonyl (C=O) groups is 2. The average molecular weight is 418 g/mol. The number of anilines is 2. The number of benzene rings is 1. The summed E-state index contributed by atoms with van der Waals surface area (Å²) < 4.78 is 24.6. The molecule has 2 aromatic rings. The summed E-state index contributed by atoms with van der Waals surface area (Å²) in [7, 11) is 0. The second-order valence-electron chi connectivity index (χ2n) is 6.99. The summed E-state index contributed by atoms with van der Waals surface area (Å²) in [5.41, 5.74) is 0.713. The van der Waals surface area contributed by atoms with Crippen LogP contribution in [-0.4, -0.2) is 67.7 Å². The first kappa shape index (κ1) is 21.8. The van der Waals surface area contributed by atoms with Gasteiger partial charge in [-0.1, -0.05) is 0 Å². The molecule has 1 aliphatic heterocycles. The van der Waals surface area contributed by atoms with Crippen LogP contribution in [0.5, 0.6) is 0 Å². The van der Waals surface area contributed by atoms with Crippen molar-refractivity contribution in [2.75, 3.05) is 56.6 Å². The van der Waals surface area contributed by atoms with Gasteiger partial charge in [0.15, 0.2) is 0 Å². The van der Waals surface area contributed by atoms with Crippen molar-refractivity contribution in [3.63, 3.8) is 0 Å². The molecule has 3 rings (SSSR count). The molecule has 1 fully saturated rings. The van der Waals surface area contributed by atoms with Crippen LogP contribution >= 0.6 is 0 Å². The predicted molar refractivity (Wildman–Crippen MR) is 111 cm³/mol. The minimum atomic E-state index is -0.592. The largest absolute Gasteiger partial charge is 0.469 e. The molecule has 162 valence electrons. The molecule has 0 unspecified atom stereocenters. The topological polar surface area (TPSA) is 87.0 Å². The van der Waals surface area contributed by atoms with E-state index in [-0.39, 0.29) is 11.7 Å². The molecular weight excluding hydrogens is 391 g/mol. The molecule has 0 aliphatic carbocycles. The van der Waals surface area contributed by atoms with Crippen LogP contribution in [0, 0.1) is 12.7 Å². The highest BCUT2D eigenvalue weighted by molar-refractivity contribution is 6.05. The minimum absolute atomic E-state index is 0.0147. The van der Waals surface area contributed by atoms with Crippen LogP contribution in [0.25, 0.3) is 0 Å². The van der Waals surface area contributed by atoms with E-state index >= 15 is 0 Å². The SMILES string of the molecule is CCOCCN1CCN(C(=O)Nc2ccc(F)c(NC(=O)c3ccoc3C)c2)CC1. The number of furan rings is 1. The molecule has 1 aromatic carbocycles. The van der Waals surface area contributed by atoms with Gasteiger partial charge in [0, 0.05) is 45.0 Å². The van der Waals surface area contributed by atoms with Crippen LogP contribution in [0.4, 0.5) is 20.6 Å². The Bertz CT molecular complexity index is 878. The molecule has 0 radical (unpaired) electrons. The smallest absolute Gasteiger partial charge is 0.321 e. The Balaban J connectivity index is 1.55. The number of nitrogens with zero attached hydrogens (tertiary/aromatic N) is 2. The minimum Gasteiger partial charge on any atom is -0.469 e. The van der Waals surface area contributed by atoms with Gasteiger partial charge in [0.05, 0.1) is 24.1 Å². The van der Waals surface area contributed by atoms with Crippen molar-refractivity contribution in [1.29, 1.82) is 0 Å². The zero-order chi connectivity index (χ0) is 21.5. The van der Waals surface area contributed by atoms with Gasteiger partial charge in [0.25, 0.3) is 5.91 Å². The lowest BCUT2D eigenvalue weighted by Crippen LogP contribution is -2.50. The highest BCUT2D eigenvalue weighted by Crippen LogP contribution is 2.22. The van der Waals surface area contributed by atoms with Crippen molar-refractivity contribution in [3.05, 3.63) is 47.7 Å². The summed E-state index contributed by atoms with van der Waals surface area (Å²) in [5.74, 6) is -0.630. The standard InChI is InChI=1S/C21H27FN4O4/c1-3-29-13-11-25-7-9-26(10-8-25)21(28)23-16-4-5-18(22)19(14-16)24-20(27)17-6-12-30-15(17)2/h4-6,12,14H,3,7-11,13H2,1-2H3,(H,23,28)(H,24,27). The van der Waals surface area contributed by atoms with Crippen LogP contribution in [0.2, 0.25) is 0 Å². The molecule has 1 aliphatic rings. The van der Waals surface area contributed by atoms with Gasteiger partial charge in [0.1, 0.15) is 11.6 Å². The Morgan fingerprint density at radius 2 is 1.93 bits per heavy atom. The first-order valence-electron chi connectivity index (χ1n) is 9.99. The van der Waals surface area contributed by atoms with Gasteiger partial charge >= 0.3 is 6.03 Å². The second-order valence-corrected chi connectivity index (χ2v) is 6.99. The maximum absolute atomic E-state index is 14.2. The molecule has 1 aromatic heterocycles. The van der Waals surface area contributed by atoms with Gasteiger partial charge in [-0.2, -0.15) is 0 Å². The zero-order valence-electron chi connectivity index (χ0n) is 17.2. The van der Waals surface area contributed by atoms with Crippen molar-refractivity contribution < 1.29 is 23.1 Å². The molecule has 8 nitrogen and oxygen atoms in total. The summed E-state index contributed by atoms with van der Waals surface area (Å²) >= 11 is 0. The fourth-order valence-corrected chi connectivity index (χ4v) is 3.22. The number of piperazine rings is 1. The molecule has 0 bridgehead atoms. The summed E-state index contributed by atoms with van der Waals surface area (Å²) in [4.78, 5) is 28.8. The molecule has 1 saturated heterocycles. The van der Waals surface area contributed by atoms with E-state index in [1.807, 2.05) is 6.92 Å². The summed E-state index contributed by atoms with van der Waals surface area (Å²) in [5, 5.41) is 5.29. The lowest BCUT2D eigenvalue weighted by Gasteiger charge is -2.34. The van der Waals surface area contributed by atoms with Crippen molar-refractivity contribution in [2.24, 2.45) is 0 Å². The number of hydrogen-bond acceptors (Lipinski definition) is 5. The maximum atomic E-state index is 14.2. The number of carbonyl (C=O) groups excluding carboxylic acids is 2. The van der Waals surface area contributed by atoms with Crippen LogP contribution in [-0.2, 0) is 4.74 Å². The summed E-state index contributed by atoms with van der Waals surface area (Å²) in [6.45, 7) is 8.59. The number of halogens is 1. The molecule has 0 spiro atoms. The fraction of sp³-hybridized carbons (Fsp3) is 0.429. The van der Waals surface area contributed by atoms with Gasteiger partial charge in [-0.25, -0.2) is 9.18 Å². The van der Waals surface area contributed by atoms with Crippen molar-refractivity contribution in [3.8, 4) is 0 Å².